The van der Waals surface area contributed by atoms with Gasteiger partial charge in [0.2, 0.25) is 0 Å². The van der Waals surface area contributed by atoms with Gasteiger partial charge >= 0.3 is 11.9 Å². The van der Waals surface area contributed by atoms with Crippen LogP contribution in [0.15, 0.2) is 24.2 Å². The third-order valence-electron chi connectivity index (χ3n) is 9.64. The number of nitrogens with zero attached hydrogens (tertiary/aromatic N) is 1. The number of hydrogen-bond acceptors (Lipinski definition) is 7. The molecule has 3 heterocycles. The number of hydrogen-bond donors (Lipinski definition) is 0. The van der Waals surface area contributed by atoms with E-state index in [9.17, 15) is 9.59 Å². The summed E-state index contributed by atoms with van der Waals surface area (Å²) in [5.74, 6) is 0.620. The van der Waals surface area contributed by atoms with Crippen LogP contribution in [0.25, 0.3) is 0 Å². The quantitative estimate of drug-likeness (QED) is 0.369. The fraction of sp³-hybridized carbons (Fsp3) is 0.677. The molecule has 7 heteroatoms. The third kappa shape index (κ3) is 4.83. The molecule has 2 unspecified atom stereocenters. The van der Waals surface area contributed by atoms with Crippen LogP contribution in [-0.2, 0) is 36.6 Å². The summed E-state index contributed by atoms with van der Waals surface area (Å²) < 4.78 is 22.7. The van der Waals surface area contributed by atoms with Crippen molar-refractivity contribution in [1.82, 2.24) is 4.90 Å². The Labute approximate surface area is 226 Å². The Bertz CT molecular complexity index is 1130. The predicted molar refractivity (Wildman–Crippen MR) is 144 cm³/mol. The first-order valence-corrected chi connectivity index (χ1v) is 14.2. The number of fused-ring (bicyclic) bond motifs is 3. The average Bonchev–Trinajstić information content (AvgIpc) is 3.49. The molecule has 0 N–H and O–H groups in total. The van der Waals surface area contributed by atoms with Crippen molar-refractivity contribution in [3.63, 3.8) is 0 Å². The van der Waals surface area contributed by atoms with Crippen LogP contribution in [0.3, 0.4) is 0 Å². The Morgan fingerprint density at radius 2 is 1.87 bits per heavy atom. The smallest absolute Gasteiger partial charge is 0.320 e. The van der Waals surface area contributed by atoms with Gasteiger partial charge in [-0.05, 0) is 73.2 Å². The average molecular weight is 526 g/mol. The highest BCUT2D eigenvalue weighted by Crippen LogP contribution is 2.51. The number of methoxy groups -OCH3 is 2. The van der Waals surface area contributed by atoms with Gasteiger partial charge in [-0.15, -0.1) is 0 Å². The zero-order valence-corrected chi connectivity index (χ0v) is 23.7. The summed E-state index contributed by atoms with van der Waals surface area (Å²) in [6.45, 7) is 9.27. The maximum Gasteiger partial charge on any atom is 0.320 e. The van der Waals surface area contributed by atoms with Crippen molar-refractivity contribution in [3.05, 3.63) is 40.8 Å². The van der Waals surface area contributed by atoms with Crippen LogP contribution in [0, 0.1) is 10.8 Å². The highest BCUT2D eigenvalue weighted by Gasteiger charge is 2.50. The second-order valence-corrected chi connectivity index (χ2v) is 12.6. The predicted octanol–water partition coefficient (Wildman–Crippen LogP) is 5.30. The fourth-order valence-electron chi connectivity index (χ4n) is 7.73. The van der Waals surface area contributed by atoms with Crippen LogP contribution in [0.4, 0.5) is 0 Å². The van der Waals surface area contributed by atoms with Crippen molar-refractivity contribution in [1.29, 1.82) is 0 Å². The minimum absolute atomic E-state index is 0.0227. The summed E-state index contributed by atoms with van der Waals surface area (Å²) >= 11 is 0. The molecule has 0 radical (unpaired) electrons. The van der Waals surface area contributed by atoms with E-state index < -0.39 is 11.4 Å². The number of carbonyl (C=O) groups excluding carboxylic acids is 2. The summed E-state index contributed by atoms with van der Waals surface area (Å²) in [7, 11) is 2.93. The molecule has 2 fully saturated rings. The van der Waals surface area contributed by atoms with Crippen molar-refractivity contribution in [2.24, 2.45) is 10.8 Å². The first-order valence-electron chi connectivity index (χ1n) is 14.2. The Hall–Kier alpha value is -2.54. The highest BCUT2D eigenvalue weighted by atomic mass is 16.7. The lowest BCUT2D eigenvalue weighted by Gasteiger charge is -2.43. The molecule has 0 spiro atoms. The van der Waals surface area contributed by atoms with Crippen LogP contribution in [0.5, 0.6) is 5.75 Å². The van der Waals surface area contributed by atoms with Crippen LogP contribution in [-0.4, -0.2) is 56.3 Å². The van der Waals surface area contributed by atoms with Gasteiger partial charge < -0.3 is 18.9 Å². The largest absolute Gasteiger partial charge is 0.493 e. The van der Waals surface area contributed by atoms with Crippen molar-refractivity contribution in [3.8, 4) is 5.75 Å². The van der Waals surface area contributed by atoms with Gasteiger partial charge in [-0.25, -0.2) is 0 Å². The van der Waals surface area contributed by atoms with Crippen molar-refractivity contribution in [2.75, 3.05) is 33.9 Å². The molecule has 1 aliphatic carbocycles. The van der Waals surface area contributed by atoms with Gasteiger partial charge in [0.1, 0.15) is 5.75 Å². The highest BCUT2D eigenvalue weighted by molar-refractivity contribution is 5.84. The summed E-state index contributed by atoms with van der Waals surface area (Å²) in [6.07, 6.45) is 9.12. The number of esters is 2. The SMILES string of the molecule is COC(=O)CC1(C(=O)O/C(=C\[C@]23CCCN2CCc2cc4c(cc2C3C)OCC4)OC)CCCC(C)(C)C1. The van der Waals surface area contributed by atoms with Crippen molar-refractivity contribution < 1.29 is 28.5 Å². The molecule has 38 heavy (non-hydrogen) atoms. The van der Waals surface area contributed by atoms with Gasteiger partial charge in [0.05, 0.1) is 38.2 Å². The Balaban J connectivity index is 1.48. The molecule has 1 saturated carbocycles. The number of benzene rings is 1. The molecule has 4 aliphatic rings. The van der Waals surface area contributed by atoms with E-state index in [1.165, 1.54) is 23.8 Å². The van der Waals surface area contributed by atoms with Gasteiger partial charge in [-0.2, -0.15) is 0 Å². The van der Waals surface area contributed by atoms with Gasteiger partial charge in [-0.1, -0.05) is 33.3 Å². The molecule has 1 aromatic rings. The molecule has 3 aliphatic heterocycles. The van der Waals surface area contributed by atoms with Crippen molar-refractivity contribution >= 4 is 11.9 Å². The monoisotopic (exact) mass is 525 g/mol. The van der Waals surface area contributed by atoms with Crippen LogP contribution >= 0.6 is 0 Å². The minimum atomic E-state index is -0.918. The lowest BCUT2D eigenvalue weighted by Crippen LogP contribution is -2.46. The molecule has 0 amide bonds. The number of ether oxygens (including phenoxy) is 4. The maximum absolute atomic E-state index is 13.9. The molecule has 1 saturated heterocycles. The summed E-state index contributed by atoms with van der Waals surface area (Å²) in [5, 5.41) is 0. The van der Waals surface area contributed by atoms with E-state index in [0.717, 1.165) is 64.0 Å². The molecule has 5 rings (SSSR count). The molecule has 0 bridgehead atoms. The van der Waals surface area contributed by atoms with E-state index in [1.54, 1.807) is 7.11 Å². The van der Waals surface area contributed by atoms with E-state index in [1.807, 2.05) is 6.08 Å². The summed E-state index contributed by atoms with van der Waals surface area (Å²) in [6, 6.07) is 4.58. The lowest BCUT2D eigenvalue weighted by atomic mass is 9.62. The van der Waals surface area contributed by atoms with E-state index in [4.69, 9.17) is 18.9 Å². The lowest BCUT2D eigenvalue weighted by molar-refractivity contribution is -0.167. The Kier molecular flexibility index (Phi) is 7.27. The second kappa shape index (κ2) is 10.2. The van der Waals surface area contributed by atoms with Crippen LogP contribution in [0.1, 0.15) is 88.3 Å². The van der Waals surface area contributed by atoms with Gasteiger partial charge in [0.15, 0.2) is 0 Å². The molecule has 1 aromatic carbocycles. The number of rotatable bonds is 6. The number of carbonyl (C=O) groups is 2. The summed E-state index contributed by atoms with van der Waals surface area (Å²) in [5.41, 5.74) is 2.70. The molecular formula is C31H43NO6. The van der Waals surface area contributed by atoms with E-state index in [2.05, 4.69) is 37.8 Å². The van der Waals surface area contributed by atoms with Crippen molar-refractivity contribution in [2.45, 2.75) is 90.0 Å². The molecular weight excluding hydrogens is 482 g/mol. The standard InChI is InChI=1S/C31H43NO6/c1-21-24-17-25-23(9-15-37-25)16-22(24)8-14-32-13-7-12-31(21,32)19-27(36-5)38-28(34)30(18-26(33)35-4)11-6-10-29(2,3)20-30/h16-17,19,21H,6-15,18,20H2,1-5H3/b27-19-/t21?,30?,31-/m0/s1. The van der Waals surface area contributed by atoms with Crippen LogP contribution < -0.4 is 4.74 Å². The topological polar surface area (TPSA) is 74.3 Å². The second-order valence-electron chi connectivity index (χ2n) is 12.6. The molecule has 3 atom stereocenters. The zero-order chi connectivity index (χ0) is 27.1. The van der Waals surface area contributed by atoms with E-state index in [0.29, 0.717) is 12.8 Å². The van der Waals surface area contributed by atoms with Gasteiger partial charge in [0.25, 0.3) is 5.95 Å². The fourth-order valence-corrected chi connectivity index (χ4v) is 7.73. The zero-order valence-electron chi connectivity index (χ0n) is 23.7. The van der Waals surface area contributed by atoms with E-state index >= 15 is 0 Å². The normalized spacial score (nSPS) is 30.3. The third-order valence-corrected chi connectivity index (χ3v) is 9.64. The summed E-state index contributed by atoms with van der Waals surface area (Å²) in [4.78, 5) is 28.8. The van der Waals surface area contributed by atoms with Gasteiger partial charge in [0, 0.05) is 25.0 Å². The van der Waals surface area contributed by atoms with E-state index in [-0.39, 0.29) is 35.2 Å². The Morgan fingerprint density at radius 1 is 1.05 bits per heavy atom. The molecule has 208 valence electrons. The maximum atomic E-state index is 13.9. The molecule has 0 aromatic heterocycles. The Morgan fingerprint density at radius 3 is 2.61 bits per heavy atom. The minimum Gasteiger partial charge on any atom is -0.493 e. The first kappa shape index (κ1) is 27.0. The first-order chi connectivity index (χ1) is 18.1. The van der Waals surface area contributed by atoms with Gasteiger partial charge in [-0.3, -0.25) is 14.5 Å². The van der Waals surface area contributed by atoms with Crippen LogP contribution in [0.2, 0.25) is 0 Å². The molecule has 7 nitrogen and oxygen atoms in total.